The predicted molar refractivity (Wildman–Crippen MR) is 322 cm³/mol. The number of nitrogens with zero attached hydrogens (tertiary/aromatic N) is 2. The minimum atomic E-state index is -0.119. The van der Waals surface area contributed by atoms with Gasteiger partial charge in [0.2, 0.25) is 0 Å². The van der Waals surface area contributed by atoms with E-state index in [1.165, 1.54) is 32.7 Å². The van der Waals surface area contributed by atoms with Gasteiger partial charge in [0.05, 0.1) is 34.1 Å². The van der Waals surface area contributed by atoms with Gasteiger partial charge in [-0.3, -0.25) is 0 Å². The lowest BCUT2D eigenvalue weighted by atomic mass is 9.86. The van der Waals surface area contributed by atoms with E-state index in [0.717, 1.165) is 111 Å². The SMILES string of the molecule is CC(C)(C)c1cccc2c1oc1c(N(c3ccccc3-c3ccccc3)c3ccc4ccc5c(N(c6ccccc6-c6ccccc6)c6cccc7c6oc6c(C(C)(C)C)cccc67)ccc6ccc3c4c65)cccc12. The summed E-state index contributed by atoms with van der Waals surface area (Å²) >= 11 is 0. The second-order valence-corrected chi connectivity index (χ2v) is 22.4. The molecule has 14 aromatic rings. The normalized spacial score (nSPS) is 12.3. The van der Waals surface area contributed by atoms with Gasteiger partial charge < -0.3 is 18.6 Å². The van der Waals surface area contributed by atoms with Crippen LogP contribution in [0.15, 0.2) is 239 Å². The number of rotatable bonds is 8. The Morgan fingerprint density at radius 3 is 1.01 bits per heavy atom. The fourth-order valence-electron chi connectivity index (χ4n) is 12.1. The maximum absolute atomic E-state index is 7.22. The number of benzene rings is 12. The summed E-state index contributed by atoms with van der Waals surface area (Å²) in [7, 11) is 0. The average molecular weight is 981 g/mol. The maximum atomic E-state index is 7.22. The van der Waals surface area contributed by atoms with E-state index in [1.54, 1.807) is 0 Å². The van der Waals surface area contributed by atoms with Crippen molar-refractivity contribution in [2.24, 2.45) is 0 Å². The van der Waals surface area contributed by atoms with Crippen LogP contribution in [0.2, 0.25) is 0 Å². The zero-order valence-electron chi connectivity index (χ0n) is 43.7. The predicted octanol–water partition coefficient (Wildman–Crippen LogP) is 21.3. The van der Waals surface area contributed by atoms with Crippen molar-refractivity contribution in [3.63, 3.8) is 0 Å². The monoisotopic (exact) mass is 980 g/mol. The van der Waals surface area contributed by atoms with Gasteiger partial charge in [-0.15, -0.1) is 0 Å². The number of hydrogen-bond acceptors (Lipinski definition) is 4. The van der Waals surface area contributed by atoms with Crippen molar-refractivity contribution in [1.82, 2.24) is 0 Å². The Morgan fingerprint density at radius 2 is 0.605 bits per heavy atom. The van der Waals surface area contributed by atoms with Gasteiger partial charge in [-0.1, -0.05) is 236 Å². The molecular weight excluding hydrogens is 925 g/mol. The van der Waals surface area contributed by atoms with Gasteiger partial charge in [0.25, 0.3) is 0 Å². The second kappa shape index (κ2) is 17.2. The fourth-order valence-corrected chi connectivity index (χ4v) is 12.1. The molecule has 2 aromatic heterocycles. The Morgan fingerprint density at radius 1 is 0.263 bits per heavy atom. The fraction of sp³-hybridized carbons (Fsp3) is 0.111. The summed E-state index contributed by atoms with van der Waals surface area (Å²) in [6.07, 6.45) is 0. The molecule has 0 aliphatic heterocycles. The molecular formula is C72H56N2O2. The van der Waals surface area contributed by atoms with Crippen LogP contribution in [-0.4, -0.2) is 0 Å². The van der Waals surface area contributed by atoms with E-state index in [4.69, 9.17) is 8.83 Å². The molecule has 4 heteroatoms. The molecule has 0 bridgehead atoms. The van der Waals surface area contributed by atoms with Crippen molar-refractivity contribution >= 4 is 110 Å². The smallest absolute Gasteiger partial charge is 0.159 e. The molecule has 366 valence electrons. The molecule has 0 amide bonds. The van der Waals surface area contributed by atoms with Gasteiger partial charge in [0.1, 0.15) is 11.2 Å². The molecule has 0 N–H and O–H groups in total. The summed E-state index contributed by atoms with van der Waals surface area (Å²) in [4.78, 5) is 4.90. The molecule has 0 unspecified atom stereocenters. The van der Waals surface area contributed by atoms with Crippen LogP contribution in [0.4, 0.5) is 34.1 Å². The molecule has 0 saturated heterocycles. The van der Waals surface area contributed by atoms with Gasteiger partial charge in [-0.2, -0.15) is 0 Å². The van der Waals surface area contributed by atoms with Crippen molar-refractivity contribution in [3.05, 3.63) is 242 Å². The van der Waals surface area contributed by atoms with E-state index >= 15 is 0 Å². The zero-order chi connectivity index (χ0) is 51.5. The van der Waals surface area contributed by atoms with E-state index < -0.39 is 0 Å². The Labute approximate surface area is 443 Å². The third kappa shape index (κ3) is 7.12. The van der Waals surface area contributed by atoms with Crippen molar-refractivity contribution in [3.8, 4) is 22.3 Å². The summed E-state index contributed by atoms with van der Waals surface area (Å²) in [5.74, 6) is 0. The number of hydrogen-bond donors (Lipinski definition) is 0. The third-order valence-electron chi connectivity index (χ3n) is 15.7. The van der Waals surface area contributed by atoms with Crippen molar-refractivity contribution in [2.75, 3.05) is 9.80 Å². The zero-order valence-corrected chi connectivity index (χ0v) is 43.7. The number of para-hydroxylation sites is 6. The lowest BCUT2D eigenvalue weighted by Crippen LogP contribution is -2.13. The van der Waals surface area contributed by atoms with E-state index in [-0.39, 0.29) is 10.8 Å². The standard InChI is InChI=1S/C72H56N2O2/c1-71(2,3)57-31-17-27-51-53-29-19-35-63(69(53)75-67(51)57)73(59-33-15-13-25-49(59)45-21-9-7-10-22-45)61-43-39-47-38-42-56-62(44-40-48-37-41-55(61)65(47)66(48)56)74(60-34-16-14-26-50(60)46-23-11-8-12-24-46)64-36-20-30-54-52-28-18-32-58(72(4,5)6)68(52)76-70(54)64/h7-44H,1-6H3. The van der Waals surface area contributed by atoms with Crippen LogP contribution in [-0.2, 0) is 10.8 Å². The lowest BCUT2D eigenvalue weighted by Gasteiger charge is -2.31. The van der Waals surface area contributed by atoms with E-state index in [2.05, 4.69) is 282 Å². The highest BCUT2D eigenvalue weighted by atomic mass is 16.3. The first-order valence-corrected chi connectivity index (χ1v) is 26.5. The van der Waals surface area contributed by atoms with Crippen LogP contribution in [0, 0.1) is 0 Å². The first-order chi connectivity index (χ1) is 37.0. The molecule has 2 heterocycles. The Bertz CT molecular complexity index is 4260. The Balaban J connectivity index is 1.06. The maximum Gasteiger partial charge on any atom is 0.159 e. The summed E-state index contributed by atoms with van der Waals surface area (Å²) in [5, 5.41) is 11.5. The number of furan rings is 2. The van der Waals surface area contributed by atoms with Gasteiger partial charge in [-0.25, -0.2) is 0 Å². The average Bonchev–Trinajstić information content (AvgIpc) is 4.13. The minimum absolute atomic E-state index is 0.119. The molecule has 12 aromatic carbocycles. The van der Waals surface area contributed by atoms with Crippen LogP contribution in [0.25, 0.3) is 98.4 Å². The molecule has 0 radical (unpaired) electrons. The number of anilines is 6. The summed E-state index contributed by atoms with van der Waals surface area (Å²) in [5.41, 5.74) is 16.4. The summed E-state index contributed by atoms with van der Waals surface area (Å²) in [6.45, 7) is 13.6. The van der Waals surface area contributed by atoms with E-state index in [9.17, 15) is 0 Å². The molecule has 76 heavy (non-hydrogen) atoms. The van der Waals surface area contributed by atoms with Crippen molar-refractivity contribution in [2.45, 2.75) is 52.4 Å². The topological polar surface area (TPSA) is 32.8 Å². The second-order valence-electron chi connectivity index (χ2n) is 22.4. The molecule has 0 aliphatic rings. The molecule has 0 fully saturated rings. The molecule has 0 aliphatic carbocycles. The summed E-state index contributed by atoms with van der Waals surface area (Å²) < 4.78 is 14.4. The van der Waals surface area contributed by atoms with E-state index in [1.807, 2.05) is 0 Å². The minimum Gasteiger partial charge on any atom is -0.454 e. The lowest BCUT2D eigenvalue weighted by molar-refractivity contribution is 0.572. The van der Waals surface area contributed by atoms with Crippen LogP contribution in [0.3, 0.4) is 0 Å². The highest BCUT2D eigenvalue weighted by molar-refractivity contribution is 6.29. The number of fused-ring (bicyclic) bond motifs is 6. The van der Waals surface area contributed by atoms with Gasteiger partial charge in [-0.05, 0) is 79.9 Å². The molecule has 4 nitrogen and oxygen atoms in total. The van der Waals surface area contributed by atoms with Gasteiger partial charge in [0.15, 0.2) is 11.2 Å². The quantitative estimate of drug-likeness (QED) is 0.142. The molecule has 0 saturated carbocycles. The summed E-state index contributed by atoms with van der Waals surface area (Å²) in [6, 6.07) is 84.0. The highest BCUT2D eigenvalue weighted by Crippen LogP contribution is 2.53. The van der Waals surface area contributed by atoms with Crippen molar-refractivity contribution < 1.29 is 8.83 Å². The molecule has 0 atom stereocenters. The van der Waals surface area contributed by atoms with Crippen LogP contribution >= 0.6 is 0 Å². The van der Waals surface area contributed by atoms with Crippen LogP contribution in [0.5, 0.6) is 0 Å². The van der Waals surface area contributed by atoms with Crippen molar-refractivity contribution in [1.29, 1.82) is 0 Å². The molecule has 0 spiro atoms. The van der Waals surface area contributed by atoms with E-state index in [0.29, 0.717) is 0 Å². The first-order valence-electron chi connectivity index (χ1n) is 26.5. The highest BCUT2D eigenvalue weighted by Gasteiger charge is 2.30. The first kappa shape index (κ1) is 45.5. The molecule has 14 rings (SSSR count). The third-order valence-corrected chi connectivity index (χ3v) is 15.7. The van der Waals surface area contributed by atoms with Crippen LogP contribution in [0.1, 0.15) is 52.7 Å². The Kier molecular flexibility index (Phi) is 10.3. The van der Waals surface area contributed by atoms with Gasteiger partial charge in [0, 0.05) is 54.6 Å². The Hall–Kier alpha value is -9.12. The van der Waals surface area contributed by atoms with Gasteiger partial charge >= 0.3 is 0 Å². The van der Waals surface area contributed by atoms with Crippen LogP contribution < -0.4 is 9.80 Å². The largest absolute Gasteiger partial charge is 0.454 e.